The Morgan fingerprint density at radius 2 is 1.54 bits per heavy atom. The van der Waals surface area contributed by atoms with Crippen LogP contribution in [0.3, 0.4) is 0 Å². The van der Waals surface area contributed by atoms with Crippen molar-refractivity contribution in [2.75, 3.05) is 0 Å². The maximum atomic E-state index is 13.2. The first-order valence-electron chi connectivity index (χ1n) is 9.90. The molecule has 4 saturated carbocycles. The van der Waals surface area contributed by atoms with Gasteiger partial charge < -0.3 is 0 Å². The van der Waals surface area contributed by atoms with Gasteiger partial charge in [-0.2, -0.15) is 0 Å². The van der Waals surface area contributed by atoms with Gasteiger partial charge in [-0.1, -0.05) is 17.6 Å². The number of rotatable bonds is 2. The van der Waals surface area contributed by atoms with Gasteiger partial charge in [-0.15, -0.1) is 0 Å². The number of amides is 2. The van der Waals surface area contributed by atoms with E-state index >= 15 is 0 Å². The molecule has 0 aromatic heterocycles. The Hall–Kier alpha value is -1.78. The van der Waals surface area contributed by atoms with Crippen molar-refractivity contribution in [2.24, 2.45) is 23.7 Å². The Morgan fingerprint density at radius 3 is 2.08 bits per heavy atom. The van der Waals surface area contributed by atoms with Crippen molar-refractivity contribution in [3.8, 4) is 0 Å². The average Bonchev–Trinajstić information content (AvgIpc) is 2.59. The van der Waals surface area contributed by atoms with Crippen molar-refractivity contribution in [1.82, 2.24) is 10.0 Å². The molecule has 134 valence electrons. The van der Waals surface area contributed by atoms with E-state index in [2.05, 4.69) is 0 Å². The molecule has 0 atom stereocenters. The number of hydrogen-bond donors (Lipinski definition) is 0. The number of benzene rings is 1. The van der Waals surface area contributed by atoms with Crippen LogP contribution in [0.25, 0.3) is 0 Å². The van der Waals surface area contributed by atoms with Gasteiger partial charge in [0.05, 0.1) is 6.04 Å². The molecule has 1 aliphatic heterocycles. The first-order chi connectivity index (χ1) is 12.4. The fraction of sp³-hybridized carbons (Fsp3) is 0.619. The normalized spacial score (nSPS) is 37.0. The van der Waals surface area contributed by atoms with Gasteiger partial charge >= 0.3 is 0 Å². The van der Waals surface area contributed by atoms with Crippen LogP contribution in [0.5, 0.6) is 0 Å². The number of carbonyl (C=O) groups excluding carboxylic acids is 2. The largest absolute Gasteiger partial charge is 0.273 e. The molecule has 4 aliphatic carbocycles. The molecule has 6 rings (SSSR count). The summed E-state index contributed by atoms with van der Waals surface area (Å²) in [5.41, 5.74) is 0.458. The van der Waals surface area contributed by atoms with Crippen LogP contribution in [-0.2, 0) is 4.79 Å². The fourth-order valence-corrected chi connectivity index (χ4v) is 6.35. The lowest BCUT2D eigenvalue weighted by molar-refractivity contribution is -0.230. The van der Waals surface area contributed by atoms with E-state index < -0.39 is 5.54 Å². The maximum Gasteiger partial charge on any atom is 0.273 e. The van der Waals surface area contributed by atoms with E-state index in [1.165, 1.54) is 32.1 Å². The van der Waals surface area contributed by atoms with Crippen molar-refractivity contribution in [3.63, 3.8) is 0 Å². The van der Waals surface area contributed by atoms with Crippen LogP contribution < -0.4 is 5.46 Å². The van der Waals surface area contributed by atoms with Crippen molar-refractivity contribution >= 4 is 25.1 Å². The second-order valence-corrected chi connectivity index (χ2v) is 9.37. The van der Waals surface area contributed by atoms with Crippen molar-refractivity contribution in [2.45, 2.75) is 57.5 Å². The minimum Gasteiger partial charge on any atom is -0.270 e. The minimum atomic E-state index is -0.771. The van der Waals surface area contributed by atoms with E-state index in [1.54, 1.807) is 29.3 Å². The van der Waals surface area contributed by atoms with E-state index in [0.29, 0.717) is 22.9 Å². The topological polar surface area (TPSA) is 40.6 Å². The predicted octanol–water partition coefficient (Wildman–Crippen LogP) is 2.28. The first kappa shape index (κ1) is 16.4. The average molecular weight is 348 g/mol. The Labute approximate surface area is 156 Å². The second kappa shape index (κ2) is 5.37. The molecule has 0 spiro atoms. The smallest absolute Gasteiger partial charge is 0.270 e. The van der Waals surface area contributed by atoms with Gasteiger partial charge in [0.15, 0.2) is 0 Å². The van der Waals surface area contributed by atoms with Crippen LogP contribution in [-0.4, -0.2) is 41.3 Å². The lowest BCUT2D eigenvalue weighted by atomic mass is 9.53. The Morgan fingerprint density at radius 1 is 1.00 bits per heavy atom. The van der Waals surface area contributed by atoms with Crippen molar-refractivity contribution in [3.05, 3.63) is 29.8 Å². The van der Waals surface area contributed by atoms with Gasteiger partial charge in [0.25, 0.3) is 11.8 Å². The predicted molar refractivity (Wildman–Crippen MR) is 99.8 cm³/mol. The van der Waals surface area contributed by atoms with Gasteiger partial charge in [-0.25, -0.2) is 10.0 Å². The summed E-state index contributed by atoms with van der Waals surface area (Å²) in [6.45, 7) is 3.72. The third kappa shape index (κ3) is 2.15. The molecular formula is C21H25BN2O2. The van der Waals surface area contributed by atoms with Gasteiger partial charge in [0.2, 0.25) is 0 Å². The number of hydrazine groups is 1. The Balaban J connectivity index is 1.47. The zero-order chi connectivity index (χ0) is 18.2. The van der Waals surface area contributed by atoms with E-state index in [0.717, 1.165) is 11.8 Å². The second-order valence-electron chi connectivity index (χ2n) is 9.37. The van der Waals surface area contributed by atoms with Crippen molar-refractivity contribution < 1.29 is 9.59 Å². The van der Waals surface area contributed by atoms with E-state index in [1.807, 2.05) is 18.9 Å². The van der Waals surface area contributed by atoms with Gasteiger partial charge in [-0.3, -0.25) is 9.59 Å². The van der Waals surface area contributed by atoms with Crippen LogP contribution in [0.15, 0.2) is 24.3 Å². The molecule has 2 radical (unpaired) electrons. The molecule has 26 heavy (non-hydrogen) atoms. The lowest BCUT2D eigenvalue weighted by Gasteiger charge is -2.65. The molecule has 2 amide bonds. The number of hydrogen-bond acceptors (Lipinski definition) is 2. The van der Waals surface area contributed by atoms with Gasteiger partial charge in [0, 0.05) is 5.56 Å². The molecule has 1 heterocycles. The molecule has 4 nitrogen and oxygen atoms in total. The van der Waals surface area contributed by atoms with Crippen LogP contribution in [0.4, 0.5) is 0 Å². The summed E-state index contributed by atoms with van der Waals surface area (Å²) in [6, 6.07) is 7.21. The molecule has 5 aliphatic rings. The van der Waals surface area contributed by atoms with Gasteiger partial charge in [-0.05, 0) is 81.8 Å². The van der Waals surface area contributed by atoms with E-state index in [-0.39, 0.29) is 17.9 Å². The summed E-state index contributed by atoms with van der Waals surface area (Å²) in [6.07, 6.45) is 6.29. The van der Waals surface area contributed by atoms with Crippen LogP contribution in [0.1, 0.15) is 56.3 Å². The summed E-state index contributed by atoms with van der Waals surface area (Å²) in [7, 11) is 5.76. The van der Waals surface area contributed by atoms with Crippen LogP contribution in [0, 0.1) is 23.7 Å². The molecule has 5 heteroatoms. The molecular weight excluding hydrogens is 323 g/mol. The van der Waals surface area contributed by atoms with Crippen LogP contribution >= 0.6 is 0 Å². The summed E-state index contributed by atoms with van der Waals surface area (Å²) < 4.78 is 0. The SMILES string of the molecule is [B]c1ccc(C(=O)N2N(C3C4CC5CC(C4)CC3C5)C(=O)C2(C)C)cc1. The molecule has 0 unspecified atom stereocenters. The van der Waals surface area contributed by atoms with Gasteiger partial charge in [0.1, 0.15) is 13.4 Å². The standard InChI is InChI=1S/C21H25BN2O2/c1-21(2)20(26)23(24(21)19(25)14-3-5-17(22)6-4-14)18-15-8-12-7-13(10-15)11-16(18)9-12/h3-6,12-13,15-16,18H,7-11H2,1-2H3. The molecule has 5 fully saturated rings. The highest BCUT2D eigenvalue weighted by Crippen LogP contribution is 2.57. The van der Waals surface area contributed by atoms with E-state index in [9.17, 15) is 9.59 Å². The summed E-state index contributed by atoms with van der Waals surface area (Å²) in [5.74, 6) is 2.82. The third-order valence-electron chi connectivity index (χ3n) is 7.29. The Kier molecular flexibility index (Phi) is 3.39. The zero-order valence-corrected chi connectivity index (χ0v) is 15.5. The minimum absolute atomic E-state index is 0.0941. The zero-order valence-electron chi connectivity index (χ0n) is 15.5. The molecule has 4 bridgehead atoms. The number of nitrogens with zero attached hydrogens (tertiary/aromatic N) is 2. The maximum absolute atomic E-state index is 13.2. The third-order valence-corrected chi connectivity index (χ3v) is 7.29. The quantitative estimate of drug-likeness (QED) is 0.770. The van der Waals surface area contributed by atoms with Crippen molar-refractivity contribution in [1.29, 1.82) is 0 Å². The summed E-state index contributed by atoms with van der Waals surface area (Å²) >= 11 is 0. The first-order valence-corrected chi connectivity index (χ1v) is 9.90. The Bertz CT molecular complexity index is 745. The highest BCUT2D eigenvalue weighted by molar-refractivity contribution is 6.32. The molecule has 1 aromatic carbocycles. The molecule has 1 aromatic rings. The number of carbonyl (C=O) groups is 2. The summed E-state index contributed by atoms with van der Waals surface area (Å²) in [4.78, 5) is 26.3. The highest BCUT2D eigenvalue weighted by Gasteiger charge is 2.62. The molecule has 0 N–H and O–H groups in total. The summed E-state index contributed by atoms with van der Waals surface area (Å²) in [5, 5.41) is 3.57. The van der Waals surface area contributed by atoms with E-state index in [4.69, 9.17) is 7.85 Å². The monoisotopic (exact) mass is 348 g/mol. The fourth-order valence-electron chi connectivity index (χ4n) is 6.35. The highest BCUT2D eigenvalue weighted by atomic mass is 16.2. The molecule has 1 saturated heterocycles. The van der Waals surface area contributed by atoms with Crippen LogP contribution in [0.2, 0.25) is 0 Å². The lowest BCUT2D eigenvalue weighted by Crippen LogP contribution is -2.80.